The molecule has 0 unspecified atom stereocenters. The number of pyridine rings is 1. The monoisotopic (exact) mass is 190 g/mol. The molecule has 2 N–H and O–H groups in total. The van der Waals surface area contributed by atoms with Crippen molar-refractivity contribution in [3.05, 3.63) is 30.1 Å². The number of hydrogen-bond acceptors (Lipinski definition) is 4. The van der Waals surface area contributed by atoms with E-state index in [0.717, 1.165) is 24.7 Å². The second-order valence-corrected chi connectivity index (χ2v) is 3.28. The molecule has 0 saturated heterocycles. The maximum absolute atomic E-state index is 4.28. The van der Waals surface area contributed by atoms with Gasteiger partial charge in [-0.1, -0.05) is 6.07 Å². The normalized spacial score (nSPS) is 17.1. The highest BCUT2D eigenvalue weighted by Crippen LogP contribution is 2.07. The summed E-state index contributed by atoms with van der Waals surface area (Å²) in [5.41, 5.74) is 1.03. The van der Waals surface area contributed by atoms with Gasteiger partial charge in [-0.15, -0.1) is 0 Å². The molecule has 0 saturated carbocycles. The van der Waals surface area contributed by atoms with Crippen molar-refractivity contribution < 1.29 is 0 Å². The number of nitrogens with one attached hydrogen (secondary N) is 2. The topological polar surface area (TPSA) is 49.3 Å². The van der Waals surface area contributed by atoms with Crippen molar-refractivity contribution in [1.29, 1.82) is 0 Å². The molecular weight excluding hydrogens is 176 g/mol. The van der Waals surface area contributed by atoms with Gasteiger partial charge in [0, 0.05) is 12.7 Å². The molecule has 2 rings (SSSR count). The Labute approximate surface area is 83.5 Å². The Morgan fingerprint density at radius 2 is 2.43 bits per heavy atom. The van der Waals surface area contributed by atoms with E-state index in [-0.39, 0.29) is 6.04 Å². The summed E-state index contributed by atoms with van der Waals surface area (Å²) in [4.78, 5) is 8.54. The highest BCUT2D eigenvalue weighted by Gasteiger charge is 2.10. The average Bonchev–Trinajstić information content (AvgIpc) is 2.72. The Bertz CT molecular complexity index is 320. The number of guanidine groups is 1. The fourth-order valence-electron chi connectivity index (χ4n) is 1.41. The predicted octanol–water partition coefficient (Wildman–Crippen LogP) is 0.691. The van der Waals surface area contributed by atoms with Crippen LogP contribution in [0.25, 0.3) is 0 Å². The fourth-order valence-corrected chi connectivity index (χ4v) is 1.41. The van der Waals surface area contributed by atoms with Gasteiger partial charge in [-0.3, -0.25) is 9.98 Å². The summed E-state index contributed by atoms with van der Waals surface area (Å²) < 4.78 is 0. The molecule has 0 radical (unpaired) electrons. The summed E-state index contributed by atoms with van der Waals surface area (Å²) in [5.74, 6) is 0.878. The van der Waals surface area contributed by atoms with Crippen molar-refractivity contribution >= 4 is 5.96 Å². The van der Waals surface area contributed by atoms with Crippen molar-refractivity contribution in [2.45, 2.75) is 13.0 Å². The molecule has 1 aromatic rings. The first-order chi connectivity index (χ1) is 6.86. The lowest BCUT2D eigenvalue weighted by atomic mass is 10.2. The molecule has 4 nitrogen and oxygen atoms in total. The van der Waals surface area contributed by atoms with Crippen LogP contribution < -0.4 is 10.6 Å². The van der Waals surface area contributed by atoms with Gasteiger partial charge in [-0.05, 0) is 19.1 Å². The molecule has 14 heavy (non-hydrogen) atoms. The van der Waals surface area contributed by atoms with E-state index in [1.165, 1.54) is 0 Å². The predicted molar refractivity (Wildman–Crippen MR) is 56.1 cm³/mol. The molecule has 0 spiro atoms. The van der Waals surface area contributed by atoms with Crippen LogP contribution in [0, 0.1) is 0 Å². The molecule has 0 aromatic carbocycles. The molecule has 0 bridgehead atoms. The third kappa shape index (κ3) is 2.02. The highest BCUT2D eigenvalue weighted by molar-refractivity contribution is 5.81. The standard InChI is InChI=1S/C10H14N4/c1-8(9-4-2-3-5-11-9)14-10-12-6-7-13-10/h2-5,8H,6-7H2,1H3,(H2,12,13,14)/t8-/m0/s1. The van der Waals surface area contributed by atoms with Crippen molar-refractivity contribution in [3.63, 3.8) is 0 Å². The molecule has 0 aliphatic carbocycles. The Hall–Kier alpha value is -1.58. The lowest BCUT2D eigenvalue weighted by Gasteiger charge is -2.14. The van der Waals surface area contributed by atoms with Gasteiger partial charge in [-0.25, -0.2) is 0 Å². The second kappa shape index (κ2) is 4.09. The minimum Gasteiger partial charge on any atom is -0.355 e. The molecule has 74 valence electrons. The van der Waals surface area contributed by atoms with Crippen molar-refractivity contribution in [2.24, 2.45) is 4.99 Å². The Kier molecular flexibility index (Phi) is 2.62. The van der Waals surface area contributed by atoms with Crippen molar-refractivity contribution in [1.82, 2.24) is 15.6 Å². The minimum atomic E-state index is 0.195. The maximum atomic E-state index is 4.28. The van der Waals surface area contributed by atoms with E-state index in [9.17, 15) is 0 Å². The summed E-state index contributed by atoms with van der Waals surface area (Å²) in [6, 6.07) is 6.11. The van der Waals surface area contributed by atoms with Crippen LogP contribution in [0.4, 0.5) is 0 Å². The largest absolute Gasteiger partial charge is 0.355 e. The van der Waals surface area contributed by atoms with E-state index in [4.69, 9.17) is 0 Å². The van der Waals surface area contributed by atoms with Gasteiger partial charge >= 0.3 is 0 Å². The zero-order chi connectivity index (χ0) is 9.80. The van der Waals surface area contributed by atoms with Gasteiger partial charge in [0.25, 0.3) is 0 Å². The summed E-state index contributed by atoms with van der Waals surface area (Å²) in [5, 5.41) is 6.44. The van der Waals surface area contributed by atoms with Gasteiger partial charge in [0.05, 0.1) is 18.3 Å². The summed E-state index contributed by atoms with van der Waals surface area (Å²) in [6.07, 6.45) is 1.80. The van der Waals surface area contributed by atoms with Gasteiger partial charge in [0.1, 0.15) is 0 Å². The van der Waals surface area contributed by atoms with Gasteiger partial charge in [0.2, 0.25) is 0 Å². The number of hydrogen-bond donors (Lipinski definition) is 2. The van der Waals surface area contributed by atoms with Gasteiger partial charge in [0.15, 0.2) is 5.96 Å². The van der Waals surface area contributed by atoms with Crippen LogP contribution in [-0.4, -0.2) is 24.0 Å². The zero-order valence-electron chi connectivity index (χ0n) is 8.20. The second-order valence-electron chi connectivity index (χ2n) is 3.28. The summed E-state index contributed by atoms with van der Waals surface area (Å²) >= 11 is 0. The van der Waals surface area contributed by atoms with E-state index in [1.54, 1.807) is 6.20 Å². The average molecular weight is 190 g/mol. The van der Waals surface area contributed by atoms with Crippen LogP contribution >= 0.6 is 0 Å². The van der Waals surface area contributed by atoms with E-state index < -0.39 is 0 Å². The van der Waals surface area contributed by atoms with Gasteiger partial charge in [-0.2, -0.15) is 0 Å². The maximum Gasteiger partial charge on any atom is 0.191 e. The third-order valence-corrected chi connectivity index (χ3v) is 2.16. The molecule has 2 heterocycles. The third-order valence-electron chi connectivity index (χ3n) is 2.16. The summed E-state index contributed by atoms with van der Waals surface area (Å²) in [6.45, 7) is 3.86. The first-order valence-corrected chi connectivity index (χ1v) is 4.82. The Morgan fingerprint density at radius 1 is 1.50 bits per heavy atom. The van der Waals surface area contributed by atoms with E-state index >= 15 is 0 Å². The highest BCUT2D eigenvalue weighted by atomic mass is 15.2. The first-order valence-electron chi connectivity index (χ1n) is 4.82. The quantitative estimate of drug-likeness (QED) is 0.721. The molecule has 1 aliphatic heterocycles. The Morgan fingerprint density at radius 3 is 3.07 bits per heavy atom. The Balaban J connectivity index is 1.99. The lowest BCUT2D eigenvalue weighted by molar-refractivity contribution is 0.679. The van der Waals surface area contributed by atoms with E-state index in [0.29, 0.717) is 0 Å². The molecule has 1 aliphatic rings. The fraction of sp³-hybridized carbons (Fsp3) is 0.400. The minimum absolute atomic E-state index is 0.195. The SMILES string of the molecule is C[C@H](NC1=NCCN1)c1ccccn1. The number of aromatic nitrogens is 1. The molecule has 4 heteroatoms. The van der Waals surface area contributed by atoms with Gasteiger partial charge < -0.3 is 10.6 Å². The van der Waals surface area contributed by atoms with Crippen molar-refractivity contribution in [3.8, 4) is 0 Å². The van der Waals surface area contributed by atoms with Crippen LogP contribution in [-0.2, 0) is 0 Å². The van der Waals surface area contributed by atoms with Crippen LogP contribution in [0.2, 0.25) is 0 Å². The van der Waals surface area contributed by atoms with Crippen molar-refractivity contribution in [2.75, 3.05) is 13.1 Å². The van der Waals surface area contributed by atoms with Crippen LogP contribution in [0.5, 0.6) is 0 Å². The van der Waals surface area contributed by atoms with E-state index in [2.05, 4.69) is 27.5 Å². The molecule has 1 aromatic heterocycles. The van der Waals surface area contributed by atoms with Crippen LogP contribution in [0.15, 0.2) is 29.4 Å². The number of nitrogens with zero attached hydrogens (tertiary/aromatic N) is 2. The first kappa shape index (κ1) is 8.99. The number of aliphatic imine (C=N–C) groups is 1. The van der Waals surface area contributed by atoms with Crippen LogP contribution in [0.1, 0.15) is 18.7 Å². The van der Waals surface area contributed by atoms with E-state index in [1.807, 2.05) is 18.2 Å². The molecule has 0 amide bonds. The lowest BCUT2D eigenvalue weighted by Crippen LogP contribution is -2.35. The molecule has 0 fully saturated rings. The zero-order valence-corrected chi connectivity index (χ0v) is 8.20. The molecule has 1 atom stereocenters. The van der Waals surface area contributed by atoms with Crippen LogP contribution in [0.3, 0.4) is 0 Å². The number of rotatable bonds is 2. The molecular formula is C10H14N4. The smallest absolute Gasteiger partial charge is 0.191 e. The summed E-state index contributed by atoms with van der Waals surface area (Å²) in [7, 11) is 0.